The van der Waals surface area contributed by atoms with Crippen LogP contribution in [-0.4, -0.2) is 37.0 Å². The largest absolute Gasteiger partial charge is 0.385 e. The van der Waals surface area contributed by atoms with E-state index in [4.69, 9.17) is 0 Å². The lowest BCUT2D eigenvalue weighted by atomic mass is 10.2. The first-order chi connectivity index (χ1) is 8.50. The molecule has 0 aliphatic carbocycles. The summed E-state index contributed by atoms with van der Waals surface area (Å²) >= 11 is 0. The number of unbranched alkanes of at least 4 members (excludes halogenated alkanes) is 1. The first-order valence-electron chi connectivity index (χ1n) is 6.14. The Kier molecular flexibility index (Phi) is 5.58. The predicted octanol–water partition coefficient (Wildman–Crippen LogP) is 2.66. The number of anilines is 1. The van der Waals surface area contributed by atoms with Crippen LogP contribution in [0.25, 0.3) is 0 Å². The molecule has 1 rings (SSSR count). The maximum atomic E-state index is 10.7. The number of nitrogens with zero attached hydrogens (tertiary/aromatic N) is 2. The minimum Gasteiger partial charge on any atom is -0.385 e. The van der Waals surface area contributed by atoms with Gasteiger partial charge in [-0.15, -0.1) is 0 Å². The van der Waals surface area contributed by atoms with Crippen LogP contribution < -0.4 is 5.32 Å². The molecular formula is C13H21N3O2. The van der Waals surface area contributed by atoms with Crippen LogP contribution in [0.15, 0.2) is 18.2 Å². The summed E-state index contributed by atoms with van der Waals surface area (Å²) in [5, 5.41) is 14.0. The number of nitro benzene ring substituents is 1. The second-order valence-corrected chi connectivity index (χ2v) is 4.70. The SMILES string of the molecule is Cc1cc(NCCCCN(C)C)ccc1[N+](=O)[O-]. The maximum Gasteiger partial charge on any atom is 0.272 e. The fourth-order valence-corrected chi connectivity index (χ4v) is 1.76. The molecule has 0 aliphatic rings. The highest BCUT2D eigenvalue weighted by atomic mass is 16.6. The molecule has 0 aromatic heterocycles. The van der Waals surface area contributed by atoms with E-state index in [0.29, 0.717) is 5.56 Å². The molecule has 0 unspecified atom stereocenters. The maximum absolute atomic E-state index is 10.7. The van der Waals surface area contributed by atoms with Gasteiger partial charge < -0.3 is 10.2 Å². The van der Waals surface area contributed by atoms with Gasteiger partial charge in [0.25, 0.3) is 5.69 Å². The molecule has 0 aliphatic heterocycles. The van der Waals surface area contributed by atoms with Gasteiger partial charge in [0.05, 0.1) is 4.92 Å². The first kappa shape index (κ1) is 14.4. The summed E-state index contributed by atoms with van der Waals surface area (Å²) in [4.78, 5) is 12.5. The molecule has 0 spiro atoms. The van der Waals surface area contributed by atoms with Crippen molar-refractivity contribution in [2.24, 2.45) is 0 Å². The molecule has 0 atom stereocenters. The molecule has 100 valence electrons. The van der Waals surface area contributed by atoms with Gasteiger partial charge in [0, 0.05) is 23.9 Å². The van der Waals surface area contributed by atoms with Gasteiger partial charge in [-0.25, -0.2) is 0 Å². The van der Waals surface area contributed by atoms with Crippen molar-refractivity contribution >= 4 is 11.4 Å². The Bertz CT molecular complexity index is 405. The summed E-state index contributed by atoms with van der Waals surface area (Å²) in [5.41, 5.74) is 1.81. The third kappa shape index (κ3) is 4.71. The second-order valence-electron chi connectivity index (χ2n) is 4.70. The van der Waals surface area contributed by atoms with Crippen LogP contribution in [0.5, 0.6) is 0 Å². The third-order valence-corrected chi connectivity index (χ3v) is 2.75. The second kappa shape index (κ2) is 6.96. The Balaban J connectivity index is 2.39. The molecule has 0 heterocycles. The highest BCUT2D eigenvalue weighted by molar-refractivity contribution is 5.53. The van der Waals surface area contributed by atoms with Crippen LogP contribution in [0.2, 0.25) is 0 Å². The normalized spacial score (nSPS) is 10.7. The van der Waals surface area contributed by atoms with Crippen molar-refractivity contribution in [1.82, 2.24) is 4.90 Å². The monoisotopic (exact) mass is 251 g/mol. The summed E-state index contributed by atoms with van der Waals surface area (Å²) in [6.07, 6.45) is 2.24. The van der Waals surface area contributed by atoms with Gasteiger partial charge in [0.15, 0.2) is 0 Å². The van der Waals surface area contributed by atoms with Crippen LogP contribution in [0.1, 0.15) is 18.4 Å². The first-order valence-corrected chi connectivity index (χ1v) is 6.14. The van der Waals surface area contributed by atoms with E-state index in [1.807, 2.05) is 6.07 Å². The topological polar surface area (TPSA) is 58.4 Å². The van der Waals surface area contributed by atoms with E-state index in [9.17, 15) is 10.1 Å². The molecule has 18 heavy (non-hydrogen) atoms. The fourth-order valence-electron chi connectivity index (χ4n) is 1.76. The molecule has 0 fully saturated rings. The number of hydrogen-bond acceptors (Lipinski definition) is 4. The van der Waals surface area contributed by atoms with E-state index < -0.39 is 0 Å². The van der Waals surface area contributed by atoms with Gasteiger partial charge in [0.1, 0.15) is 0 Å². The van der Waals surface area contributed by atoms with Crippen LogP contribution in [0.4, 0.5) is 11.4 Å². The molecule has 0 saturated heterocycles. The summed E-state index contributed by atoms with van der Waals surface area (Å²) in [7, 11) is 4.13. The lowest BCUT2D eigenvalue weighted by Gasteiger charge is -2.10. The van der Waals surface area contributed by atoms with Gasteiger partial charge >= 0.3 is 0 Å². The molecule has 0 bridgehead atoms. The van der Waals surface area contributed by atoms with Gasteiger partial charge in [-0.05, 0) is 52.5 Å². The molecule has 0 amide bonds. The van der Waals surface area contributed by atoms with Crippen molar-refractivity contribution < 1.29 is 4.92 Å². The van der Waals surface area contributed by atoms with Crippen LogP contribution in [0.3, 0.4) is 0 Å². The van der Waals surface area contributed by atoms with E-state index in [2.05, 4.69) is 24.3 Å². The Labute approximate surface area is 108 Å². The smallest absolute Gasteiger partial charge is 0.272 e. The number of nitro groups is 1. The predicted molar refractivity (Wildman–Crippen MR) is 74.1 cm³/mol. The molecule has 1 aromatic rings. The summed E-state index contributed by atoms with van der Waals surface area (Å²) < 4.78 is 0. The number of hydrogen-bond donors (Lipinski definition) is 1. The molecule has 1 aromatic carbocycles. The average molecular weight is 251 g/mol. The van der Waals surface area contributed by atoms with E-state index in [1.165, 1.54) is 0 Å². The number of nitrogens with one attached hydrogen (secondary N) is 1. The van der Waals surface area contributed by atoms with Crippen LogP contribution >= 0.6 is 0 Å². The average Bonchev–Trinajstić information content (AvgIpc) is 2.27. The number of aryl methyl sites for hydroxylation is 1. The van der Waals surface area contributed by atoms with Gasteiger partial charge in [-0.1, -0.05) is 0 Å². The summed E-state index contributed by atoms with van der Waals surface area (Å²) in [6, 6.07) is 5.14. The molecule has 0 radical (unpaired) electrons. The Morgan fingerprint density at radius 2 is 2.06 bits per heavy atom. The third-order valence-electron chi connectivity index (χ3n) is 2.75. The Hall–Kier alpha value is -1.62. The highest BCUT2D eigenvalue weighted by Gasteiger charge is 2.09. The lowest BCUT2D eigenvalue weighted by Crippen LogP contribution is -2.14. The van der Waals surface area contributed by atoms with Gasteiger partial charge in [0.2, 0.25) is 0 Å². The Morgan fingerprint density at radius 1 is 1.33 bits per heavy atom. The van der Waals surface area contributed by atoms with Crippen molar-refractivity contribution in [3.05, 3.63) is 33.9 Å². The van der Waals surface area contributed by atoms with Crippen molar-refractivity contribution in [3.63, 3.8) is 0 Å². The van der Waals surface area contributed by atoms with E-state index in [1.54, 1.807) is 19.1 Å². The van der Waals surface area contributed by atoms with E-state index in [0.717, 1.165) is 31.6 Å². The van der Waals surface area contributed by atoms with E-state index >= 15 is 0 Å². The van der Waals surface area contributed by atoms with Crippen molar-refractivity contribution in [2.45, 2.75) is 19.8 Å². The molecule has 0 saturated carbocycles. The highest BCUT2D eigenvalue weighted by Crippen LogP contribution is 2.21. The minimum atomic E-state index is -0.351. The molecule has 5 nitrogen and oxygen atoms in total. The van der Waals surface area contributed by atoms with Crippen molar-refractivity contribution in [3.8, 4) is 0 Å². The standard InChI is InChI=1S/C13H21N3O2/c1-11-10-12(6-7-13(11)16(17)18)14-8-4-5-9-15(2)3/h6-7,10,14H,4-5,8-9H2,1-3H3. The number of rotatable bonds is 7. The molecular weight excluding hydrogens is 230 g/mol. The fraction of sp³-hybridized carbons (Fsp3) is 0.538. The minimum absolute atomic E-state index is 0.174. The quantitative estimate of drug-likeness (QED) is 0.460. The zero-order chi connectivity index (χ0) is 13.5. The van der Waals surface area contributed by atoms with Crippen LogP contribution in [0, 0.1) is 17.0 Å². The zero-order valence-corrected chi connectivity index (χ0v) is 11.3. The molecule has 5 heteroatoms. The molecule has 1 N–H and O–H groups in total. The Morgan fingerprint density at radius 3 is 2.61 bits per heavy atom. The van der Waals surface area contributed by atoms with Crippen LogP contribution in [-0.2, 0) is 0 Å². The zero-order valence-electron chi connectivity index (χ0n) is 11.3. The van der Waals surface area contributed by atoms with Crippen molar-refractivity contribution in [2.75, 3.05) is 32.5 Å². The van der Waals surface area contributed by atoms with Crippen molar-refractivity contribution in [1.29, 1.82) is 0 Å². The summed E-state index contributed by atoms with van der Waals surface area (Å²) in [6.45, 7) is 3.74. The summed E-state index contributed by atoms with van der Waals surface area (Å²) in [5.74, 6) is 0. The van der Waals surface area contributed by atoms with Gasteiger partial charge in [-0.3, -0.25) is 10.1 Å². The lowest BCUT2D eigenvalue weighted by molar-refractivity contribution is -0.385. The van der Waals surface area contributed by atoms with Gasteiger partial charge in [-0.2, -0.15) is 0 Å². The van der Waals surface area contributed by atoms with E-state index in [-0.39, 0.29) is 10.6 Å². The number of benzene rings is 1.